The van der Waals surface area contributed by atoms with Crippen molar-refractivity contribution in [1.29, 1.82) is 5.41 Å². The number of carbonyl (C=O) groups excluding carboxylic acids is 1. The quantitative estimate of drug-likeness (QED) is 0.756. The molecule has 140 valence electrons. The molecule has 0 aliphatic carbocycles. The molecule has 1 fully saturated rings. The van der Waals surface area contributed by atoms with E-state index < -0.39 is 0 Å². The summed E-state index contributed by atoms with van der Waals surface area (Å²) in [5.74, 6) is 0.691. The van der Waals surface area contributed by atoms with Gasteiger partial charge in [-0.25, -0.2) is 4.98 Å². The summed E-state index contributed by atoms with van der Waals surface area (Å²) in [7, 11) is 0. The lowest BCUT2D eigenvalue weighted by atomic mass is 9.97. The van der Waals surface area contributed by atoms with Gasteiger partial charge in [-0.3, -0.25) is 4.79 Å². The Balaban J connectivity index is 1.67. The molecule has 0 radical (unpaired) electrons. The molecule has 2 aliphatic heterocycles. The molecule has 4 rings (SSSR count). The topological polar surface area (TPSA) is 82.2 Å². The van der Waals surface area contributed by atoms with Gasteiger partial charge in [-0.15, -0.1) is 0 Å². The zero-order valence-electron chi connectivity index (χ0n) is 14.5. The van der Waals surface area contributed by atoms with Crippen LogP contribution in [0.3, 0.4) is 0 Å². The van der Waals surface area contributed by atoms with Gasteiger partial charge in [0.2, 0.25) is 0 Å². The molecule has 6 nitrogen and oxygen atoms in total. The second-order valence-corrected chi connectivity index (χ2v) is 7.41. The number of nitrogens with one attached hydrogen (secondary N) is 2. The van der Waals surface area contributed by atoms with Crippen LogP contribution in [0.25, 0.3) is 5.70 Å². The number of fused-ring (bicyclic) bond motifs is 1. The van der Waals surface area contributed by atoms with Gasteiger partial charge < -0.3 is 20.0 Å². The van der Waals surface area contributed by atoms with Crippen LogP contribution < -0.4 is 5.32 Å². The molecule has 0 atom stereocenters. The molecule has 0 spiro atoms. The van der Waals surface area contributed by atoms with Gasteiger partial charge in [0.25, 0.3) is 5.91 Å². The Kier molecular flexibility index (Phi) is 4.93. The summed E-state index contributed by atoms with van der Waals surface area (Å²) >= 11 is 12.0. The van der Waals surface area contributed by atoms with Crippen LogP contribution in [0.15, 0.2) is 34.6 Å². The third-order valence-electron chi connectivity index (χ3n) is 4.86. The lowest BCUT2D eigenvalue weighted by Gasteiger charge is -2.31. The molecule has 2 aromatic rings. The molecule has 8 heteroatoms. The van der Waals surface area contributed by atoms with Crippen LogP contribution >= 0.6 is 23.2 Å². The van der Waals surface area contributed by atoms with Crippen molar-refractivity contribution < 1.29 is 9.21 Å². The Hall–Kier alpha value is -2.31. The Bertz CT molecular complexity index is 951. The number of carbonyl (C=O) groups is 1. The molecule has 2 aliphatic rings. The number of amides is 1. The third kappa shape index (κ3) is 3.47. The number of rotatable bonds is 1. The van der Waals surface area contributed by atoms with E-state index in [0.717, 1.165) is 42.1 Å². The Morgan fingerprint density at radius 2 is 2.11 bits per heavy atom. The van der Waals surface area contributed by atoms with Crippen molar-refractivity contribution in [3.05, 3.63) is 57.2 Å². The van der Waals surface area contributed by atoms with Gasteiger partial charge in [-0.05, 0) is 24.6 Å². The molecule has 1 saturated heterocycles. The van der Waals surface area contributed by atoms with Crippen LogP contribution in [0.1, 0.15) is 34.7 Å². The van der Waals surface area contributed by atoms with Crippen LogP contribution in [0, 0.1) is 5.41 Å². The maximum atomic E-state index is 12.9. The normalized spacial score (nSPS) is 20.1. The average molecular weight is 405 g/mol. The van der Waals surface area contributed by atoms with Crippen LogP contribution in [0.2, 0.25) is 10.0 Å². The lowest BCUT2D eigenvalue weighted by Crippen LogP contribution is -2.41. The smallest absolute Gasteiger partial charge is 0.254 e. The highest BCUT2D eigenvalue weighted by Crippen LogP contribution is 2.28. The highest BCUT2D eigenvalue weighted by atomic mass is 35.5. The van der Waals surface area contributed by atoms with E-state index in [9.17, 15) is 4.79 Å². The van der Waals surface area contributed by atoms with Crippen molar-refractivity contribution in [3.8, 4) is 0 Å². The Labute approximate surface area is 166 Å². The van der Waals surface area contributed by atoms with Gasteiger partial charge in [0.05, 0.1) is 15.7 Å². The largest absolute Gasteiger partial charge is 0.448 e. The zero-order chi connectivity index (χ0) is 19.0. The number of likely N-dealkylation sites (tertiary alicyclic amines) is 1. The number of piperidine rings is 1. The molecule has 0 bridgehead atoms. The number of benzene rings is 1. The maximum Gasteiger partial charge on any atom is 0.254 e. The first-order valence-corrected chi connectivity index (χ1v) is 9.52. The predicted octanol–water partition coefficient (Wildman–Crippen LogP) is 3.79. The standard InChI is InChI=1S/C19H18Cl2N4O2/c20-13-4-3-11(8-14(13)21)19(26)25-7-5-15(22)12(9-25)17-18-16(27-10-24-18)2-1-6-23-17/h3-4,8,10,22-23H,1-2,5-7,9H2/b17-12-,22-15?. The van der Waals surface area contributed by atoms with Crippen LogP contribution in [-0.2, 0) is 6.42 Å². The van der Waals surface area contributed by atoms with Crippen molar-refractivity contribution in [2.45, 2.75) is 19.3 Å². The van der Waals surface area contributed by atoms with Crippen LogP contribution in [0.4, 0.5) is 0 Å². The number of hydrogen-bond donors (Lipinski definition) is 2. The van der Waals surface area contributed by atoms with Crippen molar-refractivity contribution in [2.75, 3.05) is 19.6 Å². The summed E-state index contributed by atoms with van der Waals surface area (Å²) in [6, 6.07) is 4.87. The van der Waals surface area contributed by atoms with E-state index in [1.807, 2.05) is 0 Å². The molecular formula is C19H18Cl2N4O2. The first-order chi connectivity index (χ1) is 13.0. The van der Waals surface area contributed by atoms with Gasteiger partial charge >= 0.3 is 0 Å². The fraction of sp³-hybridized carbons (Fsp3) is 0.316. The van der Waals surface area contributed by atoms with Crippen LogP contribution in [0.5, 0.6) is 0 Å². The van der Waals surface area contributed by atoms with E-state index in [2.05, 4.69) is 10.3 Å². The van der Waals surface area contributed by atoms with E-state index in [4.69, 9.17) is 33.0 Å². The molecule has 27 heavy (non-hydrogen) atoms. The van der Waals surface area contributed by atoms with E-state index >= 15 is 0 Å². The maximum absolute atomic E-state index is 12.9. The highest BCUT2D eigenvalue weighted by molar-refractivity contribution is 6.42. The molecule has 0 saturated carbocycles. The van der Waals surface area contributed by atoms with Crippen molar-refractivity contribution in [3.63, 3.8) is 0 Å². The fourth-order valence-corrected chi connectivity index (χ4v) is 3.72. The average Bonchev–Trinajstić information content (AvgIpc) is 3.04. The van der Waals surface area contributed by atoms with Crippen molar-refractivity contribution in [1.82, 2.24) is 15.2 Å². The summed E-state index contributed by atoms with van der Waals surface area (Å²) in [6.07, 6.45) is 3.65. The lowest BCUT2D eigenvalue weighted by molar-refractivity contribution is 0.0770. The van der Waals surface area contributed by atoms with Crippen molar-refractivity contribution in [2.24, 2.45) is 0 Å². The summed E-state index contributed by atoms with van der Waals surface area (Å²) in [5, 5.41) is 12.6. The molecule has 1 aromatic carbocycles. The number of aryl methyl sites for hydroxylation is 1. The minimum Gasteiger partial charge on any atom is -0.448 e. The molecular weight excluding hydrogens is 387 g/mol. The number of oxazole rings is 1. The predicted molar refractivity (Wildman–Crippen MR) is 104 cm³/mol. The molecule has 1 aromatic heterocycles. The van der Waals surface area contributed by atoms with Gasteiger partial charge in [0, 0.05) is 49.3 Å². The van der Waals surface area contributed by atoms with Gasteiger partial charge in [0.15, 0.2) is 6.39 Å². The number of hydrogen-bond acceptors (Lipinski definition) is 5. The first-order valence-electron chi connectivity index (χ1n) is 8.76. The third-order valence-corrected chi connectivity index (χ3v) is 5.60. The van der Waals surface area contributed by atoms with E-state index in [0.29, 0.717) is 40.8 Å². The fourth-order valence-electron chi connectivity index (χ4n) is 3.43. The number of halogens is 2. The van der Waals surface area contributed by atoms with E-state index in [1.54, 1.807) is 23.1 Å². The summed E-state index contributed by atoms with van der Waals surface area (Å²) in [5.41, 5.74) is 3.33. The minimum absolute atomic E-state index is 0.131. The van der Waals surface area contributed by atoms with Crippen LogP contribution in [-0.4, -0.2) is 41.1 Å². The van der Waals surface area contributed by atoms with E-state index in [1.165, 1.54) is 6.39 Å². The first kappa shape index (κ1) is 18.1. The molecule has 1 amide bonds. The van der Waals surface area contributed by atoms with Gasteiger partial charge in [-0.1, -0.05) is 23.2 Å². The second-order valence-electron chi connectivity index (χ2n) is 6.59. The van der Waals surface area contributed by atoms with E-state index in [-0.39, 0.29) is 5.91 Å². The molecule has 2 N–H and O–H groups in total. The van der Waals surface area contributed by atoms with Crippen molar-refractivity contribution >= 4 is 40.5 Å². The zero-order valence-corrected chi connectivity index (χ0v) is 16.0. The SMILES string of the molecule is N=C1CCN(C(=O)c2ccc(Cl)c(Cl)c2)C/C1=C1/NCCCc2ocnc21. The summed E-state index contributed by atoms with van der Waals surface area (Å²) < 4.78 is 5.50. The second kappa shape index (κ2) is 7.37. The van der Waals surface area contributed by atoms with Gasteiger partial charge in [-0.2, -0.15) is 0 Å². The molecule has 3 heterocycles. The Morgan fingerprint density at radius 3 is 2.93 bits per heavy atom. The van der Waals surface area contributed by atoms with Gasteiger partial charge in [0.1, 0.15) is 11.5 Å². The Morgan fingerprint density at radius 1 is 1.26 bits per heavy atom. The number of nitrogens with zero attached hydrogens (tertiary/aromatic N) is 2. The minimum atomic E-state index is -0.131. The highest BCUT2D eigenvalue weighted by Gasteiger charge is 2.29. The number of aromatic nitrogens is 1. The monoisotopic (exact) mass is 404 g/mol. The molecule has 0 unspecified atom stereocenters. The summed E-state index contributed by atoms with van der Waals surface area (Å²) in [6.45, 7) is 1.60. The summed E-state index contributed by atoms with van der Waals surface area (Å²) in [4.78, 5) is 19.0.